The van der Waals surface area contributed by atoms with Gasteiger partial charge in [-0.1, -0.05) is 50.6 Å². The lowest BCUT2D eigenvalue weighted by atomic mass is 9.97. The largest absolute Gasteiger partial charge is 0.381 e. The Kier molecular flexibility index (Phi) is 6.13. The number of hydrogen-bond acceptors (Lipinski definition) is 4. The van der Waals surface area contributed by atoms with Gasteiger partial charge in [0.15, 0.2) is 0 Å². The summed E-state index contributed by atoms with van der Waals surface area (Å²) < 4.78 is 0. The van der Waals surface area contributed by atoms with Gasteiger partial charge in [-0.05, 0) is 18.6 Å². The van der Waals surface area contributed by atoms with Crippen molar-refractivity contribution in [2.45, 2.75) is 45.4 Å². The Morgan fingerprint density at radius 1 is 1.09 bits per heavy atom. The van der Waals surface area contributed by atoms with E-state index >= 15 is 0 Å². The second kappa shape index (κ2) is 8.08. The van der Waals surface area contributed by atoms with E-state index in [2.05, 4.69) is 17.2 Å². The summed E-state index contributed by atoms with van der Waals surface area (Å²) in [4.78, 5) is 28.5. The highest BCUT2D eigenvalue weighted by Crippen LogP contribution is 2.25. The summed E-state index contributed by atoms with van der Waals surface area (Å²) in [6.07, 6.45) is 8.49. The van der Waals surface area contributed by atoms with Crippen molar-refractivity contribution in [2.75, 3.05) is 6.54 Å². The number of ketones is 2. The molecule has 0 unspecified atom stereocenters. The van der Waals surface area contributed by atoms with Crippen molar-refractivity contribution in [3.63, 3.8) is 0 Å². The molecule has 1 heterocycles. The lowest BCUT2D eigenvalue weighted by Crippen LogP contribution is -2.30. The molecule has 1 aromatic rings. The minimum Gasteiger partial charge on any atom is -0.381 e. The van der Waals surface area contributed by atoms with Crippen LogP contribution >= 0.6 is 11.6 Å². The fraction of sp³-hybridized carbons (Fsp3) is 0.471. The number of halogens is 1. The van der Waals surface area contributed by atoms with Crippen LogP contribution in [0.1, 0.15) is 66.3 Å². The highest BCUT2D eigenvalue weighted by Gasteiger charge is 2.32. The first-order chi connectivity index (χ1) is 10.7. The minimum absolute atomic E-state index is 0.0535. The number of hydrogen-bond donors (Lipinski definition) is 1. The number of nitrogens with one attached hydrogen (secondary N) is 1. The van der Waals surface area contributed by atoms with Gasteiger partial charge in [0, 0.05) is 12.7 Å². The van der Waals surface area contributed by atoms with E-state index in [1.807, 2.05) is 0 Å². The zero-order valence-electron chi connectivity index (χ0n) is 12.8. The van der Waals surface area contributed by atoms with E-state index in [9.17, 15) is 9.59 Å². The Bertz CT molecular complexity index is 596. The predicted molar refractivity (Wildman–Crippen MR) is 87.2 cm³/mol. The first-order valence-corrected chi connectivity index (χ1v) is 8.22. The highest BCUT2D eigenvalue weighted by molar-refractivity contribution is 6.49. The van der Waals surface area contributed by atoms with Crippen LogP contribution in [0.15, 0.2) is 29.1 Å². The van der Waals surface area contributed by atoms with Gasteiger partial charge in [0.2, 0.25) is 11.6 Å². The zero-order chi connectivity index (χ0) is 15.9. The van der Waals surface area contributed by atoms with E-state index in [1.54, 1.807) is 12.1 Å². The maximum absolute atomic E-state index is 12.4. The zero-order valence-corrected chi connectivity index (χ0v) is 13.6. The normalized spacial score (nSPS) is 14.3. The molecular weight excluding hydrogens is 300 g/mol. The first kappa shape index (κ1) is 16.7. The number of carbonyl (C=O) groups excluding carboxylic acids is 2. The molecule has 0 atom stereocenters. The molecule has 1 aliphatic carbocycles. The van der Waals surface area contributed by atoms with Crippen molar-refractivity contribution in [1.29, 1.82) is 0 Å². The average molecular weight is 321 g/mol. The molecule has 0 spiro atoms. The van der Waals surface area contributed by atoms with Crippen molar-refractivity contribution in [2.24, 2.45) is 0 Å². The van der Waals surface area contributed by atoms with E-state index in [0.717, 1.165) is 12.8 Å². The number of unbranched alkanes of at least 4 members (excludes halogenated alkanes) is 5. The van der Waals surface area contributed by atoms with E-state index in [-0.39, 0.29) is 28.0 Å². The van der Waals surface area contributed by atoms with Crippen LogP contribution in [0.2, 0.25) is 0 Å². The summed E-state index contributed by atoms with van der Waals surface area (Å²) in [5.41, 5.74) is 0.672. The molecule has 4 nitrogen and oxygen atoms in total. The Labute approximate surface area is 136 Å². The first-order valence-electron chi connectivity index (χ1n) is 7.85. The van der Waals surface area contributed by atoms with Crippen molar-refractivity contribution in [3.8, 4) is 0 Å². The van der Waals surface area contributed by atoms with E-state index in [4.69, 9.17) is 11.6 Å². The van der Waals surface area contributed by atoms with E-state index < -0.39 is 0 Å². The van der Waals surface area contributed by atoms with Crippen molar-refractivity contribution in [3.05, 3.63) is 40.3 Å². The maximum atomic E-state index is 12.4. The smallest absolute Gasteiger partial charge is 0.225 e. The topological polar surface area (TPSA) is 59.1 Å². The van der Waals surface area contributed by atoms with Crippen LogP contribution in [0.4, 0.5) is 0 Å². The number of allylic oxidation sites excluding steroid dienone is 2. The van der Waals surface area contributed by atoms with Crippen LogP contribution in [0, 0.1) is 0 Å². The molecule has 0 aliphatic heterocycles. The van der Waals surface area contributed by atoms with Gasteiger partial charge < -0.3 is 5.32 Å². The Hall–Kier alpha value is -1.68. The number of rotatable bonds is 8. The highest BCUT2D eigenvalue weighted by atomic mass is 35.5. The van der Waals surface area contributed by atoms with Crippen LogP contribution in [0.25, 0.3) is 0 Å². The standard InChI is InChI=1S/C17H21ClN2O2/c1-2-3-4-5-6-7-10-20-15-13(18)17(22)14-12(16(15)21)9-8-11-19-14/h8-9,11,20H,2-7,10H2,1H3. The van der Waals surface area contributed by atoms with Crippen LogP contribution in [-0.4, -0.2) is 23.1 Å². The Morgan fingerprint density at radius 3 is 2.59 bits per heavy atom. The summed E-state index contributed by atoms with van der Waals surface area (Å²) in [5, 5.41) is 2.98. The molecule has 0 amide bonds. The van der Waals surface area contributed by atoms with Crippen molar-refractivity contribution in [1.82, 2.24) is 10.3 Å². The SMILES string of the molecule is CCCCCCCCNC1=C(Cl)C(=O)c2ncccc2C1=O. The summed E-state index contributed by atoms with van der Waals surface area (Å²) in [6.45, 7) is 2.83. The van der Waals surface area contributed by atoms with Crippen molar-refractivity contribution >= 4 is 23.2 Å². The van der Waals surface area contributed by atoms with Gasteiger partial charge in [-0.25, -0.2) is 0 Å². The summed E-state index contributed by atoms with van der Waals surface area (Å²) in [6, 6.07) is 3.26. The lowest BCUT2D eigenvalue weighted by Gasteiger charge is -2.18. The summed E-state index contributed by atoms with van der Waals surface area (Å²) in [5.74, 6) is -0.638. The van der Waals surface area contributed by atoms with Gasteiger partial charge in [-0.2, -0.15) is 0 Å². The molecular formula is C17H21ClN2O2. The molecule has 1 N–H and O–H groups in total. The van der Waals surface area contributed by atoms with Gasteiger partial charge in [-0.15, -0.1) is 0 Å². The fourth-order valence-electron chi connectivity index (χ4n) is 2.50. The number of carbonyl (C=O) groups is 2. The second-order valence-corrected chi connectivity index (χ2v) is 5.82. The quantitative estimate of drug-likeness (QED) is 0.739. The van der Waals surface area contributed by atoms with Crippen LogP contribution in [0.3, 0.4) is 0 Å². The Balaban J connectivity index is 1.92. The van der Waals surface area contributed by atoms with Crippen LogP contribution in [-0.2, 0) is 0 Å². The molecule has 5 heteroatoms. The van der Waals surface area contributed by atoms with E-state index in [1.165, 1.54) is 31.9 Å². The summed E-state index contributed by atoms with van der Waals surface area (Å²) in [7, 11) is 0. The molecule has 0 saturated carbocycles. The molecule has 0 radical (unpaired) electrons. The molecule has 0 saturated heterocycles. The third-order valence-electron chi connectivity index (χ3n) is 3.75. The third-order valence-corrected chi connectivity index (χ3v) is 4.11. The van der Waals surface area contributed by atoms with E-state index in [0.29, 0.717) is 12.1 Å². The number of pyridine rings is 1. The average Bonchev–Trinajstić information content (AvgIpc) is 2.54. The number of aromatic nitrogens is 1. The molecule has 0 aromatic carbocycles. The maximum Gasteiger partial charge on any atom is 0.225 e. The molecule has 2 rings (SSSR count). The monoisotopic (exact) mass is 320 g/mol. The van der Waals surface area contributed by atoms with Gasteiger partial charge >= 0.3 is 0 Å². The second-order valence-electron chi connectivity index (χ2n) is 5.44. The van der Waals surface area contributed by atoms with Gasteiger partial charge in [0.25, 0.3) is 0 Å². The predicted octanol–water partition coefficient (Wildman–Crippen LogP) is 3.86. The van der Waals surface area contributed by atoms with Crippen LogP contribution < -0.4 is 5.32 Å². The Morgan fingerprint density at radius 2 is 1.82 bits per heavy atom. The minimum atomic E-state index is -0.387. The van der Waals surface area contributed by atoms with Crippen molar-refractivity contribution < 1.29 is 9.59 Å². The van der Waals surface area contributed by atoms with Gasteiger partial charge in [-0.3, -0.25) is 14.6 Å². The molecule has 1 aromatic heterocycles. The molecule has 0 bridgehead atoms. The molecule has 0 fully saturated rings. The van der Waals surface area contributed by atoms with Crippen LogP contribution in [0.5, 0.6) is 0 Å². The molecule has 1 aliphatic rings. The lowest BCUT2D eigenvalue weighted by molar-refractivity contribution is 0.0971. The number of fused-ring (bicyclic) bond motifs is 1. The summed E-state index contributed by atoms with van der Waals surface area (Å²) >= 11 is 6.04. The van der Waals surface area contributed by atoms with Gasteiger partial charge in [0.1, 0.15) is 16.4 Å². The number of nitrogens with zero attached hydrogens (tertiary/aromatic N) is 1. The molecule has 118 valence electrons. The number of Topliss-reactive ketones (excluding diaryl/α,β-unsaturated/α-hetero) is 2. The fourth-order valence-corrected chi connectivity index (χ4v) is 2.74. The van der Waals surface area contributed by atoms with Gasteiger partial charge in [0.05, 0.1) is 5.56 Å². The third kappa shape index (κ3) is 3.74. The molecule has 22 heavy (non-hydrogen) atoms.